The van der Waals surface area contributed by atoms with Gasteiger partial charge in [0.2, 0.25) is 0 Å². The van der Waals surface area contributed by atoms with Crippen molar-refractivity contribution in [2.24, 2.45) is 7.05 Å². The zero-order valence-corrected chi connectivity index (χ0v) is 15.8. The third-order valence-electron chi connectivity index (χ3n) is 4.59. The molecular formula is C21H19N5O2. The number of amides is 1. The van der Waals surface area contributed by atoms with Crippen molar-refractivity contribution in [1.82, 2.24) is 19.2 Å². The van der Waals surface area contributed by atoms with Crippen molar-refractivity contribution < 1.29 is 4.79 Å². The van der Waals surface area contributed by atoms with E-state index in [1.54, 1.807) is 0 Å². The maximum absolute atomic E-state index is 12.5. The summed E-state index contributed by atoms with van der Waals surface area (Å²) in [5, 5.41) is 6.87. The molecule has 0 spiro atoms. The van der Waals surface area contributed by atoms with Gasteiger partial charge in [-0.05, 0) is 49.2 Å². The molecule has 0 saturated heterocycles. The molecule has 1 amide bonds. The first kappa shape index (κ1) is 17.7. The van der Waals surface area contributed by atoms with E-state index in [1.165, 1.54) is 19.2 Å². The van der Waals surface area contributed by atoms with E-state index in [2.05, 4.69) is 15.4 Å². The predicted octanol–water partition coefficient (Wildman–Crippen LogP) is 2.96. The third-order valence-corrected chi connectivity index (χ3v) is 4.59. The van der Waals surface area contributed by atoms with Gasteiger partial charge in [0.25, 0.3) is 11.5 Å². The highest BCUT2D eigenvalue weighted by Crippen LogP contribution is 2.25. The van der Waals surface area contributed by atoms with Crippen LogP contribution in [0.1, 0.15) is 21.6 Å². The molecule has 3 aromatic heterocycles. The Labute approximate surface area is 161 Å². The van der Waals surface area contributed by atoms with Crippen LogP contribution >= 0.6 is 0 Å². The van der Waals surface area contributed by atoms with Crippen molar-refractivity contribution in [1.29, 1.82) is 0 Å². The number of hydrogen-bond donors (Lipinski definition) is 1. The number of pyridine rings is 1. The summed E-state index contributed by atoms with van der Waals surface area (Å²) in [5.74, 6) is -0.374. The molecule has 0 saturated carbocycles. The molecule has 0 unspecified atom stereocenters. The molecule has 0 aliphatic heterocycles. The molecule has 3 heterocycles. The fraction of sp³-hybridized carbons (Fsp3) is 0.143. The summed E-state index contributed by atoms with van der Waals surface area (Å²) in [6.07, 6.45) is 3.93. The first-order chi connectivity index (χ1) is 13.4. The average Bonchev–Trinajstić information content (AvgIpc) is 3.08. The highest BCUT2D eigenvalue weighted by atomic mass is 16.2. The lowest BCUT2D eigenvalue weighted by atomic mass is 10.1. The Morgan fingerprint density at radius 1 is 1.07 bits per heavy atom. The van der Waals surface area contributed by atoms with Crippen LogP contribution in [0.25, 0.3) is 16.9 Å². The molecule has 28 heavy (non-hydrogen) atoms. The lowest BCUT2D eigenvalue weighted by Gasteiger charge is -2.10. The van der Waals surface area contributed by atoms with Crippen LogP contribution in [0.3, 0.4) is 0 Å². The Bertz CT molecular complexity index is 1270. The van der Waals surface area contributed by atoms with Crippen molar-refractivity contribution in [3.63, 3.8) is 0 Å². The Morgan fingerprint density at radius 3 is 2.68 bits per heavy atom. The monoisotopic (exact) mass is 373 g/mol. The van der Waals surface area contributed by atoms with Gasteiger partial charge in [0.15, 0.2) is 0 Å². The standard InChI is InChI=1S/C21H19N5O2/c1-13-8-9-26-12-18(22-19(26)10-13)15-5-4-14(2)17(11-15)23-21(28)16-6-7-20(27)25(3)24-16/h4-12H,1-3H3,(H,23,28). The Balaban J connectivity index is 1.67. The van der Waals surface area contributed by atoms with Crippen LogP contribution in [0, 0.1) is 13.8 Å². The van der Waals surface area contributed by atoms with Crippen molar-refractivity contribution in [2.75, 3.05) is 5.32 Å². The molecule has 1 aromatic carbocycles. The first-order valence-corrected chi connectivity index (χ1v) is 8.83. The minimum atomic E-state index is -0.374. The van der Waals surface area contributed by atoms with Gasteiger partial charge in [-0.15, -0.1) is 0 Å². The van der Waals surface area contributed by atoms with Crippen LogP contribution in [0.4, 0.5) is 5.69 Å². The molecule has 0 atom stereocenters. The van der Waals surface area contributed by atoms with Crippen LogP contribution in [0.15, 0.2) is 59.7 Å². The molecule has 7 nitrogen and oxygen atoms in total. The summed E-state index contributed by atoms with van der Waals surface area (Å²) < 4.78 is 3.10. The van der Waals surface area contributed by atoms with Gasteiger partial charge in [0.1, 0.15) is 11.3 Å². The molecule has 4 rings (SSSR count). The van der Waals surface area contributed by atoms with Crippen LogP contribution in [0.5, 0.6) is 0 Å². The summed E-state index contributed by atoms with van der Waals surface area (Å²) in [6, 6.07) is 12.6. The zero-order valence-electron chi connectivity index (χ0n) is 15.8. The number of nitrogens with one attached hydrogen (secondary N) is 1. The number of hydrogen-bond acceptors (Lipinski definition) is 4. The van der Waals surface area contributed by atoms with Crippen LogP contribution in [0.2, 0.25) is 0 Å². The fourth-order valence-electron chi connectivity index (χ4n) is 2.95. The van der Waals surface area contributed by atoms with Gasteiger partial charge in [-0.1, -0.05) is 12.1 Å². The smallest absolute Gasteiger partial charge is 0.276 e. The van der Waals surface area contributed by atoms with E-state index in [0.29, 0.717) is 5.69 Å². The topological polar surface area (TPSA) is 81.3 Å². The number of fused-ring (bicyclic) bond motifs is 1. The van der Waals surface area contributed by atoms with Gasteiger partial charge in [-0.2, -0.15) is 5.10 Å². The predicted molar refractivity (Wildman–Crippen MR) is 108 cm³/mol. The lowest BCUT2D eigenvalue weighted by molar-refractivity contribution is 0.102. The number of aromatic nitrogens is 4. The molecule has 0 bridgehead atoms. The van der Waals surface area contributed by atoms with Crippen LogP contribution < -0.4 is 10.9 Å². The number of carbonyl (C=O) groups excluding carboxylic acids is 1. The van der Waals surface area contributed by atoms with Crippen LogP contribution in [-0.4, -0.2) is 25.1 Å². The molecule has 0 fully saturated rings. The van der Waals surface area contributed by atoms with E-state index in [4.69, 9.17) is 0 Å². The number of benzene rings is 1. The van der Waals surface area contributed by atoms with Gasteiger partial charge in [-0.25, -0.2) is 9.67 Å². The van der Waals surface area contributed by atoms with E-state index in [-0.39, 0.29) is 17.2 Å². The van der Waals surface area contributed by atoms with Gasteiger partial charge in [0, 0.05) is 36.8 Å². The molecule has 0 aliphatic carbocycles. The molecular weight excluding hydrogens is 354 g/mol. The van der Waals surface area contributed by atoms with Crippen molar-refractivity contribution in [3.8, 4) is 11.3 Å². The minimum Gasteiger partial charge on any atom is -0.320 e. The Kier molecular flexibility index (Phi) is 4.27. The Morgan fingerprint density at radius 2 is 1.89 bits per heavy atom. The summed E-state index contributed by atoms with van der Waals surface area (Å²) in [5.41, 5.74) is 5.23. The van der Waals surface area contributed by atoms with Crippen molar-refractivity contribution in [3.05, 3.63) is 82.0 Å². The highest BCUT2D eigenvalue weighted by molar-refractivity contribution is 6.03. The van der Waals surface area contributed by atoms with Gasteiger partial charge >= 0.3 is 0 Å². The molecule has 4 aromatic rings. The number of rotatable bonds is 3. The molecule has 0 aliphatic rings. The highest BCUT2D eigenvalue weighted by Gasteiger charge is 2.12. The number of aryl methyl sites for hydroxylation is 3. The normalized spacial score (nSPS) is 11.0. The molecule has 7 heteroatoms. The van der Waals surface area contributed by atoms with Gasteiger partial charge in [0.05, 0.1) is 5.69 Å². The summed E-state index contributed by atoms with van der Waals surface area (Å²) in [6.45, 7) is 3.95. The van der Waals surface area contributed by atoms with E-state index < -0.39 is 0 Å². The zero-order chi connectivity index (χ0) is 19.8. The fourth-order valence-corrected chi connectivity index (χ4v) is 2.95. The lowest BCUT2D eigenvalue weighted by Crippen LogP contribution is -2.23. The van der Waals surface area contributed by atoms with Crippen molar-refractivity contribution >= 4 is 17.2 Å². The second-order valence-corrected chi connectivity index (χ2v) is 6.76. The largest absolute Gasteiger partial charge is 0.320 e. The second kappa shape index (κ2) is 6.77. The number of imidazole rings is 1. The van der Waals surface area contributed by atoms with E-state index >= 15 is 0 Å². The number of nitrogens with zero attached hydrogens (tertiary/aromatic N) is 4. The van der Waals surface area contributed by atoms with E-state index in [9.17, 15) is 9.59 Å². The van der Waals surface area contributed by atoms with Gasteiger partial charge < -0.3 is 9.72 Å². The molecule has 1 N–H and O–H groups in total. The Hall–Kier alpha value is -3.74. The van der Waals surface area contributed by atoms with Gasteiger partial charge in [-0.3, -0.25) is 9.59 Å². The first-order valence-electron chi connectivity index (χ1n) is 8.83. The molecule has 0 radical (unpaired) electrons. The summed E-state index contributed by atoms with van der Waals surface area (Å²) in [4.78, 5) is 28.7. The maximum atomic E-state index is 12.5. The van der Waals surface area contributed by atoms with Crippen molar-refractivity contribution in [2.45, 2.75) is 13.8 Å². The maximum Gasteiger partial charge on any atom is 0.276 e. The third kappa shape index (κ3) is 3.29. The average molecular weight is 373 g/mol. The van der Waals surface area contributed by atoms with E-state index in [0.717, 1.165) is 32.7 Å². The summed E-state index contributed by atoms with van der Waals surface area (Å²) in [7, 11) is 1.51. The second-order valence-electron chi connectivity index (χ2n) is 6.76. The van der Waals surface area contributed by atoms with Crippen LogP contribution in [-0.2, 0) is 7.05 Å². The minimum absolute atomic E-state index is 0.176. The number of carbonyl (C=O) groups is 1. The number of anilines is 1. The molecule has 140 valence electrons. The quantitative estimate of drug-likeness (QED) is 0.599. The van der Waals surface area contributed by atoms with E-state index in [1.807, 2.05) is 61.0 Å². The SMILES string of the molecule is Cc1ccn2cc(-c3ccc(C)c(NC(=O)c4ccc(=O)n(C)n4)c3)nc2c1. The summed E-state index contributed by atoms with van der Waals surface area (Å²) >= 11 is 0.